The number of anilines is 1. The minimum Gasteiger partial charge on any atom is -0.365 e. The molecule has 2 fully saturated rings. The predicted molar refractivity (Wildman–Crippen MR) is 94.7 cm³/mol. The third-order valence-corrected chi connectivity index (χ3v) is 5.42. The van der Waals surface area contributed by atoms with E-state index in [1.807, 2.05) is 12.1 Å². The summed E-state index contributed by atoms with van der Waals surface area (Å²) in [7, 11) is 0. The molecule has 1 amide bonds. The Bertz CT molecular complexity index is 713. The van der Waals surface area contributed by atoms with Gasteiger partial charge in [-0.3, -0.25) is 4.79 Å². The zero-order chi connectivity index (χ0) is 16.4. The monoisotopic (exact) mass is 324 g/mol. The molecule has 1 aromatic carbocycles. The second-order valence-corrected chi connectivity index (χ2v) is 7.01. The molecule has 0 radical (unpaired) electrons. The first kappa shape index (κ1) is 15.4. The van der Waals surface area contributed by atoms with Gasteiger partial charge >= 0.3 is 0 Å². The van der Waals surface area contributed by atoms with Crippen molar-refractivity contribution in [2.75, 3.05) is 18.4 Å². The minimum absolute atomic E-state index is 0.290. The van der Waals surface area contributed by atoms with Crippen LogP contribution in [0.5, 0.6) is 0 Å². The number of fused-ring (bicyclic) bond motifs is 1. The van der Waals surface area contributed by atoms with E-state index in [1.54, 1.807) is 6.20 Å². The van der Waals surface area contributed by atoms with Crippen molar-refractivity contribution >= 4 is 22.5 Å². The highest BCUT2D eigenvalue weighted by molar-refractivity contribution is 5.90. The Balaban J connectivity index is 1.38. The van der Waals surface area contributed by atoms with Gasteiger partial charge in [0.05, 0.1) is 6.20 Å². The van der Waals surface area contributed by atoms with Gasteiger partial charge in [-0.25, -0.2) is 0 Å². The molecular weight excluding hydrogens is 300 g/mol. The number of piperidine rings is 1. The Morgan fingerprint density at radius 1 is 1.08 bits per heavy atom. The largest absolute Gasteiger partial charge is 0.365 e. The minimum atomic E-state index is 0.290. The summed E-state index contributed by atoms with van der Waals surface area (Å²) >= 11 is 0. The zero-order valence-corrected chi connectivity index (χ0v) is 13.9. The summed E-state index contributed by atoms with van der Waals surface area (Å²) in [6.45, 7) is 1.70. The third-order valence-electron chi connectivity index (χ3n) is 5.42. The van der Waals surface area contributed by atoms with Gasteiger partial charge in [0.2, 0.25) is 5.91 Å². The molecule has 1 aliphatic heterocycles. The molecule has 5 nitrogen and oxygen atoms in total. The van der Waals surface area contributed by atoms with E-state index in [-0.39, 0.29) is 0 Å². The number of hydrogen-bond donors (Lipinski definition) is 1. The molecule has 1 saturated heterocycles. The van der Waals surface area contributed by atoms with Crippen LogP contribution < -0.4 is 5.32 Å². The fourth-order valence-corrected chi connectivity index (χ4v) is 4.00. The molecule has 24 heavy (non-hydrogen) atoms. The molecule has 2 aliphatic rings. The summed E-state index contributed by atoms with van der Waals surface area (Å²) in [6.07, 6.45) is 8.35. The van der Waals surface area contributed by atoms with Crippen LogP contribution >= 0.6 is 0 Å². The summed E-state index contributed by atoms with van der Waals surface area (Å²) in [5, 5.41) is 14.1. The van der Waals surface area contributed by atoms with Crippen molar-refractivity contribution in [3.05, 3.63) is 30.5 Å². The van der Waals surface area contributed by atoms with Crippen molar-refractivity contribution in [2.45, 2.75) is 44.6 Å². The number of amides is 1. The molecule has 5 heteroatoms. The quantitative estimate of drug-likeness (QED) is 0.942. The topological polar surface area (TPSA) is 58.1 Å². The maximum Gasteiger partial charge on any atom is 0.225 e. The summed E-state index contributed by atoms with van der Waals surface area (Å²) in [5.41, 5.74) is 0. The number of carbonyl (C=O) groups excluding carboxylic acids is 1. The standard InChI is InChI=1S/C19H24N4O/c24-19(14-5-1-2-6-14)23-11-9-16(10-12-23)21-18-17-8-4-3-7-15(17)13-20-22-18/h3-4,7-8,13-14,16H,1-2,5-6,9-12H2,(H,21,22). The molecule has 1 aromatic heterocycles. The van der Waals surface area contributed by atoms with Crippen LogP contribution in [-0.4, -0.2) is 40.1 Å². The molecule has 2 heterocycles. The number of nitrogens with zero attached hydrogens (tertiary/aromatic N) is 3. The lowest BCUT2D eigenvalue weighted by Crippen LogP contribution is -2.44. The molecule has 0 atom stereocenters. The van der Waals surface area contributed by atoms with Gasteiger partial charge in [0.1, 0.15) is 0 Å². The van der Waals surface area contributed by atoms with Gasteiger partial charge in [0.25, 0.3) is 0 Å². The molecular formula is C19H24N4O. The third kappa shape index (κ3) is 3.07. The summed E-state index contributed by atoms with van der Waals surface area (Å²) in [5.74, 6) is 1.53. The Kier molecular flexibility index (Phi) is 4.32. The first-order valence-electron chi connectivity index (χ1n) is 9.07. The van der Waals surface area contributed by atoms with Crippen LogP contribution in [-0.2, 0) is 4.79 Å². The number of benzene rings is 1. The van der Waals surface area contributed by atoms with Crippen LogP contribution in [0.4, 0.5) is 5.82 Å². The molecule has 1 aliphatic carbocycles. The van der Waals surface area contributed by atoms with Crippen molar-refractivity contribution in [2.24, 2.45) is 5.92 Å². The Labute approximate surface area is 142 Å². The lowest BCUT2D eigenvalue weighted by atomic mass is 10.0. The van der Waals surface area contributed by atoms with Crippen LogP contribution in [0.25, 0.3) is 10.8 Å². The molecule has 126 valence electrons. The summed E-state index contributed by atoms with van der Waals surface area (Å²) in [4.78, 5) is 14.6. The lowest BCUT2D eigenvalue weighted by molar-refractivity contribution is -0.136. The highest BCUT2D eigenvalue weighted by Gasteiger charge is 2.30. The number of nitrogens with one attached hydrogen (secondary N) is 1. The van der Waals surface area contributed by atoms with E-state index in [1.165, 1.54) is 12.8 Å². The first-order valence-corrected chi connectivity index (χ1v) is 9.07. The fraction of sp³-hybridized carbons (Fsp3) is 0.526. The second-order valence-electron chi connectivity index (χ2n) is 7.01. The van der Waals surface area contributed by atoms with Gasteiger partial charge in [-0.15, -0.1) is 5.10 Å². The lowest BCUT2D eigenvalue weighted by Gasteiger charge is -2.34. The van der Waals surface area contributed by atoms with E-state index in [0.29, 0.717) is 17.9 Å². The molecule has 1 N–H and O–H groups in total. The average Bonchev–Trinajstić information content (AvgIpc) is 3.17. The van der Waals surface area contributed by atoms with Crippen molar-refractivity contribution in [3.63, 3.8) is 0 Å². The Morgan fingerprint density at radius 2 is 1.83 bits per heavy atom. The van der Waals surface area contributed by atoms with E-state index >= 15 is 0 Å². The van der Waals surface area contributed by atoms with Gasteiger partial charge in [0.15, 0.2) is 5.82 Å². The van der Waals surface area contributed by atoms with Gasteiger partial charge in [-0.05, 0) is 25.7 Å². The van der Waals surface area contributed by atoms with Crippen LogP contribution in [0.1, 0.15) is 38.5 Å². The van der Waals surface area contributed by atoms with Crippen molar-refractivity contribution < 1.29 is 4.79 Å². The van der Waals surface area contributed by atoms with Crippen LogP contribution in [0.15, 0.2) is 30.5 Å². The van der Waals surface area contributed by atoms with Gasteiger partial charge in [0, 0.05) is 35.8 Å². The molecule has 0 bridgehead atoms. The first-order chi connectivity index (χ1) is 11.8. The van der Waals surface area contributed by atoms with Gasteiger partial charge in [-0.2, -0.15) is 5.10 Å². The number of likely N-dealkylation sites (tertiary alicyclic amines) is 1. The number of aromatic nitrogens is 2. The normalized spacial score (nSPS) is 19.8. The maximum absolute atomic E-state index is 12.5. The Hall–Kier alpha value is -2.17. The van der Waals surface area contributed by atoms with Crippen LogP contribution in [0.3, 0.4) is 0 Å². The summed E-state index contributed by atoms with van der Waals surface area (Å²) < 4.78 is 0. The van der Waals surface area contributed by atoms with Gasteiger partial charge < -0.3 is 10.2 Å². The van der Waals surface area contributed by atoms with Crippen molar-refractivity contribution in [1.82, 2.24) is 15.1 Å². The van der Waals surface area contributed by atoms with E-state index in [2.05, 4.69) is 32.5 Å². The fourth-order valence-electron chi connectivity index (χ4n) is 4.00. The molecule has 1 saturated carbocycles. The predicted octanol–water partition coefficient (Wildman–Crippen LogP) is 3.22. The molecule has 0 unspecified atom stereocenters. The average molecular weight is 324 g/mol. The van der Waals surface area contributed by atoms with Crippen molar-refractivity contribution in [3.8, 4) is 0 Å². The maximum atomic E-state index is 12.5. The Morgan fingerprint density at radius 3 is 2.62 bits per heavy atom. The van der Waals surface area contributed by atoms with E-state index in [4.69, 9.17) is 0 Å². The number of rotatable bonds is 3. The highest BCUT2D eigenvalue weighted by atomic mass is 16.2. The molecule has 2 aromatic rings. The molecule has 0 spiro atoms. The smallest absolute Gasteiger partial charge is 0.225 e. The van der Waals surface area contributed by atoms with Crippen molar-refractivity contribution in [1.29, 1.82) is 0 Å². The second kappa shape index (κ2) is 6.75. The van der Waals surface area contributed by atoms with E-state index in [0.717, 1.165) is 55.4 Å². The summed E-state index contributed by atoms with van der Waals surface area (Å²) in [6, 6.07) is 8.53. The van der Waals surface area contributed by atoms with Gasteiger partial charge in [-0.1, -0.05) is 37.1 Å². The van der Waals surface area contributed by atoms with E-state index in [9.17, 15) is 4.79 Å². The van der Waals surface area contributed by atoms with Crippen LogP contribution in [0.2, 0.25) is 0 Å². The number of carbonyl (C=O) groups is 1. The SMILES string of the molecule is O=C(C1CCCC1)N1CCC(Nc2nncc3ccccc23)CC1. The zero-order valence-electron chi connectivity index (χ0n) is 13.9. The highest BCUT2D eigenvalue weighted by Crippen LogP contribution is 2.28. The van der Waals surface area contributed by atoms with Crippen LogP contribution in [0, 0.1) is 5.92 Å². The number of hydrogen-bond acceptors (Lipinski definition) is 4. The van der Waals surface area contributed by atoms with E-state index < -0.39 is 0 Å². The molecule has 4 rings (SSSR count).